The van der Waals surface area contributed by atoms with E-state index in [1.807, 2.05) is 39.0 Å². The van der Waals surface area contributed by atoms with Crippen LogP contribution in [0.15, 0.2) is 47.4 Å². The number of carbonyl (C=O) groups excluding carboxylic acids is 1. The van der Waals surface area contributed by atoms with Gasteiger partial charge in [-0.1, -0.05) is 39.0 Å². The predicted molar refractivity (Wildman–Crippen MR) is 109 cm³/mol. The summed E-state index contributed by atoms with van der Waals surface area (Å²) in [6.07, 6.45) is 2.67. The van der Waals surface area contributed by atoms with Gasteiger partial charge in [0.1, 0.15) is 0 Å². The molecule has 1 aliphatic rings. The summed E-state index contributed by atoms with van der Waals surface area (Å²) in [7, 11) is -3.67. The minimum atomic E-state index is -3.67. The van der Waals surface area contributed by atoms with Crippen LogP contribution in [0.2, 0.25) is 0 Å². The molecule has 3 rings (SSSR count). The van der Waals surface area contributed by atoms with Crippen LogP contribution in [0.25, 0.3) is 0 Å². The van der Waals surface area contributed by atoms with Gasteiger partial charge >= 0.3 is 0 Å². The molecule has 0 aliphatic carbocycles. The number of nitrogens with zero attached hydrogens (tertiary/aromatic N) is 1. The predicted octanol–water partition coefficient (Wildman–Crippen LogP) is 3.99. The molecular weight excluding hydrogens is 360 g/mol. The Kier molecular flexibility index (Phi) is 5.56. The van der Waals surface area contributed by atoms with Gasteiger partial charge in [0.25, 0.3) is 10.0 Å². The average Bonchev–Trinajstić information content (AvgIpc) is 2.66. The molecule has 6 heteroatoms. The Morgan fingerprint density at radius 2 is 1.85 bits per heavy atom. The van der Waals surface area contributed by atoms with Gasteiger partial charge < -0.3 is 4.90 Å². The molecule has 1 heterocycles. The highest BCUT2D eigenvalue weighted by Gasteiger charge is 2.25. The van der Waals surface area contributed by atoms with Crippen molar-refractivity contribution in [3.05, 3.63) is 53.6 Å². The molecule has 0 saturated heterocycles. The Morgan fingerprint density at radius 3 is 2.48 bits per heavy atom. The van der Waals surface area contributed by atoms with Crippen molar-refractivity contribution in [2.75, 3.05) is 16.2 Å². The van der Waals surface area contributed by atoms with E-state index < -0.39 is 10.0 Å². The molecule has 0 atom stereocenters. The molecule has 0 radical (unpaired) electrons. The van der Waals surface area contributed by atoms with Gasteiger partial charge in [0.15, 0.2) is 0 Å². The lowest BCUT2D eigenvalue weighted by atomic mass is 9.99. The molecule has 0 bridgehead atoms. The van der Waals surface area contributed by atoms with Crippen LogP contribution < -0.4 is 9.62 Å². The van der Waals surface area contributed by atoms with E-state index in [0.29, 0.717) is 12.2 Å². The molecule has 2 aromatic carbocycles. The number of rotatable bonds is 5. The minimum absolute atomic E-state index is 0.0612. The van der Waals surface area contributed by atoms with E-state index in [0.717, 1.165) is 36.1 Å². The number of amides is 1. The lowest BCUT2D eigenvalue weighted by Crippen LogP contribution is -2.38. The zero-order valence-electron chi connectivity index (χ0n) is 16.0. The monoisotopic (exact) mass is 386 g/mol. The first kappa shape index (κ1) is 19.4. The molecule has 1 aliphatic heterocycles. The normalized spacial score (nSPS) is 14.1. The van der Waals surface area contributed by atoms with Crippen molar-refractivity contribution in [3.8, 4) is 0 Å². The van der Waals surface area contributed by atoms with E-state index in [9.17, 15) is 13.2 Å². The highest BCUT2D eigenvalue weighted by Crippen LogP contribution is 2.32. The highest BCUT2D eigenvalue weighted by molar-refractivity contribution is 7.92. The minimum Gasteiger partial charge on any atom is -0.312 e. The second-order valence-corrected chi connectivity index (χ2v) is 8.88. The fourth-order valence-electron chi connectivity index (χ4n) is 3.30. The smallest absolute Gasteiger partial charge is 0.261 e. The van der Waals surface area contributed by atoms with Crippen molar-refractivity contribution in [2.24, 2.45) is 5.92 Å². The fourth-order valence-corrected chi connectivity index (χ4v) is 4.35. The summed E-state index contributed by atoms with van der Waals surface area (Å²) < 4.78 is 28.0. The van der Waals surface area contributed by atoms with Crippen molar-refractivity contribution in [3.63, 3.8) is 0 Å². The quantitative estimate of drug-likeness (QED) is 0.845. The fraction of sp³-hybridized carbons (Fsp3) is 0.381. The zero-order valence-corrected chi connectivity index (χ0v) is 16.8. The standard InChI is InChI=1S/C21H26N2O3S/c1-4-16-7-11-19(12-8-16)27(25,26)22-18-10-9-17-6-5-13-23(20(17)14-18)21(24)15(2)3/h7-12,14-15,22H,4-6,13H2,1-3H3. The molecule has 0 unspecified atom stereocenters. The second-order valence-electron chi connectivity index (χ2n) is 7.19. The van der Waals surface area contributed by atoms with Gasteiger partial charge in [-0.3, -0.25) is 9.52 Å². The van der Waals surface area contributed by atoms with E-state index in [2.05, 4.69) is 4.72 Å². The summed E-state index contributed by atoms with van der Waals surface area (Å²) in [4.78, 5) is 14.5. The van der Waals surface area contributed by atoms with E-state index in [1.54, 1.807) is 29.2 Å². The number of hydrogen-bond donors (Lipinski definition) is 1. The van der Waals surface area contributed by atoms with Gasteiger partial charge in [-0.25, -0.2) is 8.42 Å². The average molecular weight is 387 g/mol. The number of nitrogens with one attached hydrogen (secondary N) is 1. The molecule has 144 valence electrons. The number of benzene rings is 2. The van der Waals surface area contributed by atoms with Crippen molar-refractivity contribution in [1.82, 2.24) is 0 Å². The third-order valence-corrected chi connectivity index (χ3v) is 6.26. The molecule has 27 heavy (non-hydrogen) atoms. The van der Waals surface area contributed by atoms with Crippen molar-refractivity contribution in [2.45, 2.75) is 44.9 Å². The van der Waals surface area contributed by atoms with Gasteiger partial charge in [-0.05, 0) is 54.7 Å². The number of hydrogen-bond acceptors (Lipinski definition) is 3. The Bertz CT molecular complexity index is 934. The van der Waals surface area contributed by atoms with Gasteiger partial charge in [0.05, 0.1) is 10.6 Å². The Labute approximate surface area is 161 Å². The van der Waals surface area contributed by atoms with Crippen molar-refractivity contribution in [1.29, 1.82) is 0 Å². The second kappa shape index (κ2) is 7.72. The van der Waals surface area contributed by atoms with E-state index in [-0.39, 0.29) is 16.7 Å². The molecule has 5 nitrogen and oxygen atoms in total. The first-order valence-electron chi connectivity index (χ1n) is 9.38. The van der Waals surface area contributed by atoms with Crippen LogP contribution in [-0.2, 0) is 27.7 Å². The summed E-state index contributed by atoms with van der Waals surface area (Å²) in [5, 5.41) is 0. The van der Waals surface area contributed by atoms with Crippen LogP contribution in [0, 0.1) is 5.92 Å². The third kappa shape index (κ3) is 4.16. The molecule has 1 N–H and O–H groups in total. The Hall–Kier alpha value is -2.34. The molecule has 0 fully saturated rings. The van der Waals surface area contributed by atoms with Gasteiger partial charge in [-0.15, -0.1) is 0 Å². The van der Waals surface area contributed by atoms with E-state index >= 15 is 0 Å². The van der Waals surface area contributed by atoms with Crippen LogP contribution in [0.3, 0.4) is 0 Å². The maximum atomic E-state index is 12.7. The van der Waals surface area contributed by atoms with Crippen LogP contribution >= 0.6 is 0 Å². The number of carbonyl (C=O) groups is 1. The zero-order chi connectivity index (χ0) is 19.6. The number of aryl methyl sites for hydroxylation is 2. The van der Waals surface area contributed by atoms with Crippen molar-refractivity contribution < 1.29 is 13.2 Å². The maximum absolute atomic E-state index is 12.7. The highest BCUT2D eigenvalue weighted by atomic mass is 32.2. The summed E-state index contributed by atoms with van der Waals surface area (Å²) in [6.45, 7) is 6.45. The molecule has 0 saturated carbocycles. The molecule has 0 spiro atoms. The van der Waals surface area contributed by atoms with Gasteiger partial charge in [0.2, 0.25) is 5.91 Å². The molecule has 1 amide bonds. The Balaban J connectivity index is 1.89. The van der Waals surface area contributed by atoms with Gasteiger partial charge in [-0.2, -0.15) is 0 Å². The molecule has 2 aromatic rings. The van der Waals surface area contributed by atoms with Crippen molar-refractivity contribution >= 4 is 27.3 Å². The lowest BCUT2D eigenvalue weighted by Gasteiger charge is -2.31. The topological polar surface area (TPSA) is 66.5 Å². The summed E-state index contributed by atoms with van der Waals surface area (Å²) in [5.74, 6) is -0.0421. The summed E-state index contributed by atoms with van der Waals surface area (Å²) in [5.41, 5.74) is 3.44. The Morgan fingerprint density at radius 1 is 1.15 bits per heavy atom. The van der Waals surface area contributed by atoms with E-state index in [4.69, 9.17) is 0 Å². The first-order chi connectivity index (χ1) is 12.8. The SMILES string of the molecule is CCc1ccc(S(=O)(=O)Nc2ccc3c(c2)N(C(=O)C(C)C)CCC3)cc1. The van der Waals surface area contributed by atoms with E-state index in [1.165, 1.54) is 0 Å². The summed E-state index contributed by atoms with van der Waals surface area (Å²) >= 11 is 0. The number of fused-ring (bicyclic) bond motifs is 1. The number of sulfonamides is 1. The summed E-state index contributed by atoms with van der Waals surface area (Å²) in [6, 6.07) is 12.3. The van der Waals surface area contributed by atoms with Crippen LogP contribution in [0.5, 0.6) is 0 Å². The number of anilines is 2. The lowest BCUT2D eigenvalue weighted by molar-refractivity contribution is -0.121. The van der Waals surface area contributed by atoms with Crippen LogP contribution in [0.4, 0.5) is 11.4 Å². The third-order valence-electron chi connectivity index (χ3n) is 4.86. The van der Waals surface area contributed by atoms with Gasteiger partial charge in [0, 0.05) is 18.2 Å². The molecule has 0 aromatic heterocycles. The molecular formula is C21H26N2O3S. The maximum Gasteiger partial charge on any atom is 0.261 e. The first-order valence-corrected chi connectivity index (χ1v) is 10.9. The largest absolute Gasteiger partial charge is 0.312 e. The van der Waals surface area contributed by atoms with Crippen LogP contribution in [0.1, 0.15) is 38.3 Å². The van der Waals surface area contributed by atoms with Crippen LogP contribution in [-0.4, -0.2) is 20.9 Å².